The number of aryl methyl sites for hydroxylation is 2. The first-order valence-electron chi connectivity index (χ1n) is 6.15. The summed E-state index contributed by atoms with van der Waals surface area (Å²) in [4.78, 5) is 0. The Bertz CT molecular complexity index is 486. The van der Waals surface area contributed by atoms with Crippen molar-refractivity contribution in [3.63, 3.8) is 0 Å². The normalized spacial score (nSPS) is 11.5. The fourth-order valence-electron chi connectivity index (χ4n) is 1.76. The Morgan fingerprint density at radius 1 is 1.28 bits per heavy atom. The molecule has 0 fully saturated rings. The number of hydrogen-bond donors (Lipinski definition) is 1. The number of hydrogen-bond acceptors (Lipinski definition) is 2. The van der Waals surface area contributed by atoms with Crippen LogP contribution in [0, 0.1) is 6.92 Å². The number of rotatable bonds is 7. The number of nitrogens with one attached hydrogen (secondary N) is 1. The molecule has 3 nitrogen and oxygen atoms in total. The van der Waals surface area contributed by atoms with Gasteiger partial charge >= 0.3 is 0 Å². The Morgan fingerprint density at radius 2 is 2.00 bits per heavy atom. The molecule has 0 aromatic heterocycles. The van der Waals surface area contributed by atoms with Gasteiger partial charge in [0, 0.05) is 5.88 Å². The smallest absolute Gasteiger partial charge is 0.232 e. The van der Waals surface area contributed by atoms with Crippen molar-refractivity contribution in [3.05, 3.63) is 29.3 Å². The van der Waals surface area contributed by atoms with Crippen LogP contribution < -0.4 is 4.72 Å². The monoisotopic (exact) mass is 289 g/mol. The van der Waals surface area contributed by atoms with Crippen molar-refractivity contribution >= 4 is 27.3 Å². The lowest BCUT2D eigenvalue weighted by atomic mass is 10.1. The van der Waals surface area contributed by atoms with Crippen molar-refractivity contribution in [2.75, 3.05) is 16.4 Å². The van der Waals surface area contributed by atoms with Gasteiger partial charge in [0.1, 0.15) is 0 Å². The van der Waals surface area contributed by atoms with Gasteiger partial charge in [-0.2, -0.15) is 0 Å². The van der Waals surface area contributed by atoms with Gasteiger partial charge in [0.15, 0.2) is 0 Å². The first-order chi connectivity index (χ1) is 8.50. The lowest BCUT2D eigenvalue weighted by Gasteiger charge is -2.14. The van der Waals surface area contributed by atoms with Gasteiger partial charge in [0.05, 0.1) is 11.4 Å². The maximum atomic E-state index is 11.9. The van der Waals surface area contributed by atoms with Crippen LogP contribution in [0.5, 0.6) is 0 Å². The first-order valence-corrected chi connectivity index (χ1v) is 8.33. The Kier molecular flexibility index (Phi) is 5.96. The summed E-state index contributed by atoms with van der Waals surface area (Å²) in [5.74, 6) is 0.622. The zero-order valence-electron chi connectivity index (χ0n) is 10.9. The quantitative estimate of drug-likeness (QED) is 0.618. The third kappa shape index (κ3) is 4.50. The molecule has 1 aromatic carbocycles. The third-order valence-electron chi connectivity index (χ3n) is 2.79. The molecule has 0 atom stereocenters. The number of alkyl halides is 1. The van der Waals surface area contributed by atoms with Gasteiger partial charge in [0.25, 0.3) is 0 Å². The van der Waals surface area contributed by atoms with E-state index in [1.807, 2.05) is 32.0 Å². The Balaban J connectivity index is 2.83. The molecule has 0 spiro atoms. The summed E-state index contributed by atoms with van der Waals surface area (Å²) >= 11 is 5.55. The minimum atomic E-state index is -3.27. The maximum Gasteiger partial charge on any atom is 0.232 e. The fraction of sp³-hybridized carbons (Fsp3) is 0.538. The zero-order valence-corrected chi connectivity index (χ0v) is 12.4. The Hall–Kier alpha value is -0.740. The number of unbranched alkanes of at least 4 members (excludes halogenated alkanes) is 1. The SMILES string of the molecule is CCc1cccc(C)c1NS(=O)(=O)CCCCCl. The fourth-order valence-corrected chi connectivity index (χ4v) is 3.24. The highest BCUT2D eigenvalue weighted by Gasteiger charge is 2.13. The van der Waals surface area contributed by atoms with Gasteiger partial charge in [-0.1, -0.05) is 25.1 Å². The van der Waals surface area contributed by atoms with E-state index < -0.39 is 10.0 Å². The van der Waals surface area contributed by atoms with Crippen LogP contribution >= 0.6 is 11.6 Å². The van der Waals surface area contributed by atoms with Crippen molar-refractivity contribution in [1.82, 2.24) is 0 Å². The van der Waals surface area contributed by atoms with E-state index in [0.717, 1.165) is 29.7 Å². The van der Waals surface area contributed by atoms with Gasteiger partial charge in [-0.15, -0.1) is 11.6 Å². The molecule has 0 heterocycles. The van der Waals surface area contributed by atoms with Gasteiger partial charge in [-0.25, -0.2) is 8.42 Å². The van der Waals surface area contributed by atoms with Crippen molar-refractivity contribution < 1.29 is 8.42 Å². The number of benzene rings is 1. The first kappa shape index (κ1) is 15.3. The summed E-state index contributed by atoms with van der Waals surface area (Å²) in [7, 11) is -3.27. The van der Waals surface area contributed by atoms with E-state index in [2.05, 4.69) is 4.72 Å². The van der Waals surface area contributed by atoms with E-state index in [-0.39, 0.29) is 5.75 Å². The average molecular weight is 290 g/mol. The van der Waals surface area contributed by atoms with Gasteiger partial charge in [-0.05, 0) is 37.3 Å². The molecule has 0 aliphatic heterocycles. The molecule has 0 saturated heterocycles. The predicted octanol–water partition coefficient (Wildman–Crippen LogP) is 3.32. The van der Waals surface area contributed by atoms with E-state index >= 15 is 0 Å². The number of anilines is 1. The molecule has 18 heavy (non-hydrogen) atoms. The summed E-state index contributed by atoms with van der Waals surface area (Å²) in [6.45, 7) is 3.93. The molecule has 1 N–H and O–H groups in total. The molecule has 0 bridgehead atoms. The lowest BCUT2D eigenvalue weighted by molar-refractivity contribution is 0.598. The number of para-hydroxylation sites is 1. The molecule has 0 unspecified atom stereocenters. The molecular formula is C13H20ClNO2S. The summed E-state index contributed by atoms with van der Waals surface area (Å²) in [5, 5.41) is 0. The minimum absolute atomic E-state index is 0.122. The number of sulfonamides is 1. The Morgan fingerprint density at radius 3 is 2.61 bits per heavy atom. The second kappa shape index (κ2) is 7.00. The highest BCUT2D eigenvalue weighted by Crippen LogP contribution is 2.22. The molecule has 0 aliphatic carbocycles. The lowest BCUT2D eigenvalue weighted by Crippen LogP contribution is -2.18. The molecule has 1 rings (SSSR count). The molecule has 102 valence electrons. The van der Waals surface area contributed by atoms with Gasteiger partial charge in [0.2, 0.25) is 10.0 Å². The minimum Gasteiger partial charge on any atom is -0.283 e. The van der Waals surface area contributed by atoms with Crippen LogP contribution in [0.1, 0.15) is 30.9 Å². The molecular weight excluding hydrogens is 270 g/mol. The van der Waals surface area contributed by atoms with Crippen LogP contribution in [-0.2, 0) is 16.4 Å². The maximum absolute atomic E-state index is 11.9. The van der Waals surface area contributed by atoms with Crippen LogP contribution in [0.2, 0.25) is 0 Å². The van der Waals surface area contributed by atoms with Crippen molar-refractivity contribution in [2.24, 2.45) is 0 Å². The molecule has 0 radical (unpaired) electrons. The topological polar surface area (TPSA) is 46.2 Å². The summed E-state index contributed by atoms with van der Waals surface area (Å²) in [5.41, 5.74) is 2.71. The second-order valence-corrected chi connectivity index (χ2v) is 6.50. The standard InChI is InChI=1S/C13H20ClNO2S/c1-3-12-8-6-7-11(2)13(12)15-18(16,17)10-5-4-9-14/h6-8,15H,3-5,9-10H2,1-2H3. The molecule has 0 aliphatic rings. The van der Waals surface area contributed by atoms with Crippen molar-refractivity contribution in [2.45, 2.75) is 33.1 Å². The van der Waals surface area contributed by atoms with E-state index in [1.165, 1.54) is 0 Å². The van der Waals surface area contributed by atoms with Gasteiger partial charge in [-0.3, -0.25) is 4.72 Å². The molecule has 0 amide bonds. The number of halogens is 1. The van der Waals surface area contributed by atoms with E-state index in [0.29, 0.717) is 12.3 Å². The van der Waals surface area contributed by atoms with E-state index in [9.17, 15) is 8.42 Å². The molecule has 1 aromatic rings. The van der Waals surface area contributed by atoms with Crippen LogP contribution in [0.4, 0.5) is 5.69 Å². The second-order valence-electron chi connectivity index (χ2n) is 4.28. The zero-order chi connectivity index (χ0) is 13.6. The third-order valence-corrected chi connectivity index (χ3v) is 4.40. The van der Waals surface area contributed by atoms with Crippen LogP contribution in [-0.4, -0.2) is 20.1 Å². The van der Waals surface area contributed by atoms with Gasteiger partial charge < -0.3 is 0 Å². The van der Waals surface area contributed by atoms with Crippen LogP contribution in [0.3, 0.4) is 0 Å². The van der Waals surface area contributed by atoms with Crippen LogP contribution in [0.25, 0.3) is 0 Å². The van der Waals surface area contributed by atoms with E-state index in [1.54, 1.807) is 0 Å². The highest BCUT2D eigenvalue weighted by atomic mass is 35.5. The van der Waals surface area contributed by atoms with Crippen LogP contribution in [0.15, 0.2) is 18.2 Å². The summed E-state index contributed by atoms with van der Waals surface area (Å²) < 4.78 is 26.6. The summed E-state index contributed by atoms with van der Waals surface area (Å²) in [6, 6.07) is 5.80. The summed E-state index contributed by atoms with van der Waals surface area (Å²) in [6.07, 6.45) is 2.12. The average Bonchev–Trinajstić information content (AvgIpc) is 2.32. The van der Waals surface area contributed by atoms with E-state index in [4.69, 9.17) is 11.6 Å². The Labute approximate surface area is 115 Å². The highest BCUT2D eigenvalue weighted by molar-refractivity contribution is 7.92. The predicted molar refractivity (Wildman–Crippen MR) is 77.9 cm³/mol. The largest absolute Gasteiger partial charge is 0.283 e. The van der Waals surface area contributed by atoms with Crippen molar-refractivity contribution in [3.8, 4) is 0 Å². The molecule has 5 heteroatoms. The molecule has 0 saturated carbocycles. The van der Waals surface area contributed by atoms with Crippen molar-refractivity contribution in [1.29, 1.82) is 0 Å².